The Kier molecular flexibility index (Phi) is 3.45. The summed E-state index contributed by atoms with van der Waals surface area (Å²) in [5.41, 5.74) is 1.81. The minimum Gasteiger partial charge on any atom is -0.496 e. The highest BCUT2D eigenvalue weighted by molar-refractivity contribution is 6.68. The van der Waals surface area contributed by atoms with Gasteiger partial charge in [-0.25, -0.2) is 4.92 Å². The van der Waals surface area contributed by atoms with Crippen molar-refractivity contribution in [1.82, 2.24) is 4.92 Å². The molecule has 1 N–H and O–H groups in total. The quantitative estimate of drug-likeness (QED) is 0.830. The smallest absolute Gasteiger partial charge is 0.474 e. The van der Waals surface area contributed by atoms with Gasteiger partial charge in [0.25, 0.3) is 5.91 Å². The first-order valence-corrected chi connectivity index (χ1v) is 6.50. The van der Waals surface area contributed by atoms with E-state index >= 15 is 0 Å². The summed E-state index contributed by atoms with van der Waals surface area (Å²) >= 11 is 0. The van der Waals surface area contributed by atoms with Crippen LogP contribution in [0.3, 0.4) is 0 Å². The molecule has 0 bridgehead atoms. The van der Waals surface area contributed by atoms with Gasteiger partial charge in [-0.3, -0.25) is 4.79 Å². The number of hydrogen-bond acceptors (Lipinski definition) is 4. The summed E-state index contributed by atoms with van der Waals surface area (Å²) in [6, 6.07) is 14.1. The number of methoxy groups -OCH3 is 1. The average molecular weight is 280 g/mol. The Hall–Kier alpha value is -2.60. The lowest BCUT2D eigenvalue weighted by atomic mass is 9.69. The molecule has 1 aliphatic rings. The van der Waals surface area contributed by atoms with Gasteiger partial charge in [-0.15, -0.1) is 0 Å². The molecular weight excluding hydrogens is 267 g/mol. The van der Waals surface area contributed by atoms with Crippen molar-refractivity contribution in [1.29, 1.82) is 0 Å². The molecule has 1 amide bonds. The molecule has 2 aromatic carbocycles. The van der Waals surface area contributed by atoms with E-state index in [1.165, 1.54) is 7.11 Å². The molecule has 21 heavy (non-hydrogen) atoms. The molecule has 0 aliphatic carbocycles. The molecule has 3 rings (SSSR count). The maximum absolute atomic E-state index is 12.6. The zero-order valence-corrected chi connectivity index (χ0v) is 11.4. The van der Waals surface area contributed by atoms with Gasteiger partial charge in [0, 0.05) is 0 Å². The number of amides is 1. The largest absolute Gasteiger partial charge is 0.496 e. The van der Waals surface area contributed by atoms with Crippen LogP contribution in [0.5, 0.6) is 5.75 Å². The molecule has 2 aromatic rings. The summed E-state index contributed by atoms with van der Waals surface area (Å²) < 4.78 is 5.18. The van der Waals surface area contributed by atoms with Gasteiger partial charge >= 0.3 is 7.05 Å². The molecule has 0 saturated heterocycles. The Labute approximate surface area is 122 Å². The SMILES string of the molecule is COc1ccccc1C(=O)N1N=Cc2ccccc2B1O. The van der Waals surface area contributed by atoms with E-state index < -0.39 is 13.0 Å². The zero-order valence-electron chi connectivity index (χ0n) is 11.4. The summed E-state index contributed by atoms with van der Waals surface area (Å²) in [5.74, 6) is 0.0365. The molecule has 1 heterocycles. The van der Waals surface area contributed by atoms with Crippen LogP contribution in [0.25, 0.3) is 0 Å². The number of carbonyl (C=O) groups is 1. The highest BCUT2D eigenvalue weighted by Gasteiger charge is 2.34. The third-order valence-electron chi connectivity index (χ3n) is 3.37. The fraction of sp³-hybridized carbons (Fsp3) is 0.0667. The number of hydrogen-bond donors (Lipinski definition) is 1. The van der Waals surface area contributed by atoms with Crippen LogP contribution >= 0.6 is 0 Å². The van der Waals surface area contributed by atoms with Gasteiger partial charge in [0.05, 0.1) is 18.9 Å². The van der Waals surface area contributed by atoms with Crippen LogP contribution in [0, 0.1) is 0 Å². The molecular formula is C15H13BN2O3. The second-order valence-electron chi connectivity index (χ2n) is 4.60. The predicted molar refractivity (Wildman–Crippen MR) is 80.8 cm³/mol. The zero-order chi connectivity index (χ0) is 14.8. The van der Waals surface area contributed by atoms with Gasteiger partial charge < -0.3 is 9.76 Å². The number of rotatable bonds is 2. The minimum atomic E-state index is -1.11. The second-order valence-corrected chi connectivity index (χ2v) is 4.60. The van der Waals surface area contributed by atoms with E-state index in [1.54, 1.807) is 36.5 Å². The van der Waals surface area contributed by atoms with Crippen molar-refractivity contribution >= 4 is 24.6 Å². The lowest BCUT2D eigenvalue weighted by Crippen LogP contribution is -2.52. The predicted octanol–water partition coefficient (Wildman–Crippen LogP) is 0.873. The molecule has 0 atom stereocenters. The van der Waals surface area contributed by atoms with Crippen LogP contribution in [0.4, 0.5) is 0 Å². The lowest BCUT2D eigenvalue weighted by Gasteiger charge is -2.25. The number of fused-ring (bicyclic) bond motifs is 1. The van der Waals surface area contributed by atoms with Crippen molar-refractivity contribution < 1.29 is 14.6 Å². The van der Waals surface area contributed by atoms with E-state index in [0.717, 1.165) is 10.5 Å². The van der Waals surface area contributed by atoms with Crippen molar-refractivity contribution in [3.8, 4) is 5.75 Å². The number of hydrazone groups is 1. The fourth-order valence-corrected chi connectivity index (χ4v) is 2.29. The van der Waals surface area contributed by atoms with Gasteiger partial charge in [-0.1, -0.05) is 36.4 Å². The summed E-state index contributed by atoms with van der Waals surface area (Å²) in [6.07, 6.45) is 1.56. The molecule has 0 radical (unpaired) electrons. The van der Waals surface area contributed by atoms with Crippen molar-refractivity contribution in [3.63, 3.8) is 0 Å². The van der Waals surface area contributed by atoms with E-state index in [-0.39, 0.29) is 0 Å². The van der Waals surface area contributed by atoms with Gasteiger partial charge in [-0.2, -0.15) is 5.10 Å². The summed E-state index contributed by atoms with van der Waals surface area (Å²) in [4.78, 5) is 13.6. The van der Waals surface area contributed by atoms with Crippen LogP contribution in [-0.2, 0) is 0 Å². The molecule has 1 aliphatic heterocycles. The molecule has 0 aromatic heterocycles. The summed E-state index contributed by atoms with van der Waals surface area (Å²) in [7, 11) is 0.390. The Balaban J connectivity index is 1.97. The maximum atomic E-state index is 12.6. The van der Waals surface area contributed by atoms with Gasteiger partial charge in [-0.05, 0) is 23.2 Å². The summed E-state index contributed by atoms with van der Waals surface area (Å²) in [5, 5.41) is 14.4. The van der Waals surface area contributed by atoms with Crippen molar-refractivity contribution in [2.24, 2.45) is 5.10 Å². The first-order chi connectivity index (χ1) is 10.2. The molecule has 0 fully saturated rings. The fourth-order valence-electron chi connectivity index (χ4n) is 2.29. The van der Waals surface area contributed by atoms with Crippen molar-refractivity contribution in [2.45, 2.75) is 0 Å². The Morgan fingerprint density at radius 2 is 1.90 bits per heavy atom. The van der Waals surface area contributed by atoms with Gasteiger partial charge in [0.2, 0.25) is 0 Å². The number of benzene rings is 2. The van der Waals surface area contributed by atoms with Crippen molar-refractivity contribution in [2.75, 3.05) is 7.11 Å². The number of carbonyl (C=O) groups excluding carboxylic acids is 1. The first-order valence-electron chi connectivity index (χ1n) is 6.50. The highest BCUT2D eigenvalue weighted by Crippen LogP contribution is 2.20. The van der Waals surface area contributed by atoms with Crippen LogP contribution < -0.4 is 10.2 Å². The molecule has 5 nitrogen and oxygen atoms in total. The molecule has 0 spiro atoms. The van der Waals surface area contributed by atoms with Gasteiger partial charge in [0.15, 0.2) is 0 Å². The Morgan fingerprint density at radius 3 is 2.71 bits per heavy atom. The first kappa shape index (κ1) is 13.4. The normalized spacial score (nSPS) is 13.0. The van der Waals surface area contributed by atoms with E-state index in [9.17, 15) is 9.82 Å². The lowest BCUT2D eigenvalue weighted by molar-refractivity contribution is 0.0843. The van der Waals surface area contributed by atoms with Gasteiger partial charge in [0.1, 0.15) is 5.75 Å². The van der Waals surface area contributed by atoms with E-state index in [4.69, 9.17) is 4.74 Å². The highest BCUT2D eigenvalue weighted by atomic mass is 16.5. The monoisotopic (exact) mass is 280 g/mol. The van der Waals surface area contributed by atoms with E-state index in [1.807, 2.05) is 18.2 Å². The second kappa shape index (κ2) is 5.42. The third kappa shape index (κ3) is 2.30. The van der Waals surface area contributed by atoms with Crippen LogP contribution in [0.2, 0.25) is 0 Å². The summed E-state index contributed by atoms with van der Waals surface area (Å²) in [6.45, 7) is 0. The van der Waals surface area contributed by atoms with Crippen molar-refractivity contribution in [3.05, 3.63) is 59.7 Å². The molecule has 6 heteroatoms. The maximum Gasteiger partial charge on any atom is 0.474 e. The standard InChI is InChI=1S/C15H13BN2O3/c1-21-14-9-5-3-7-12(14)15(19)18-16(20)13-8-4-2-6-11(13)10-17-18/h2-10,20H,1H3. The minimum absolute atomic E-state index is 0.357. The van der Waals surface area contributed by atoms with E-state index in [2.05, 4.69) is 5.10 Å². The number of para-hydroxylation sites is 1. The third-order valence-corrected chi connectivity index (χ3v) is 3.37. The topological polar surface area (TPSA) is 62.1 Å². The Bertz CT molecular complexity index is 718. The molecule has 0 saturated carbocycles. The van der Waals surface area contributed by atoms with E-state index in [0.29, 0.717) is 16.8 Å². The molecule has 0 unspecified atom stereocenters. The Morgan fingerprint density at radius 1 is 1.19 bits per heavy atom. The van der Waals surface area contributed by atoms with Crippen LogP contribution in [0.1, 0.15) is 15.9 Å². The number of nitrogens with zero attached hydrogens (tertiary/aromatic N) is 2. The average Bonchev–Trinajstić information content (AvgIpc) is 2.55. The number of ether oxygens (including phenoxy) is 1. The van der Waals surface area contributed by atoms with Crippen LogP contribution in [-0.4, -0.2) is 36.2 Å². The molecule has 104 valence electrons. The van der Waals surface area contributed by atoms with Crippen LogP contribution in [0.15, 0.2) is 53.6 Å².